The van der Waals surface area contributed by atoms with E-state index in [0.717, 1.165) is 16.8 Å². The van der Waals surface area contributed by atoms with Crippen molar-refractivity contribution in [2.45, 2.75) is 18.6 Å². The Morgan fingerprint density at radius 2 is 2.15 bits per heavy atom. The summed E-state index contributed by atoms with van der Waals surface area (Å²) in [6, 6.07) is 11.2. The minimum absolute atomic E-state index is 0.100. The van der Waals surface area contributed by atoms with E-state index in [0.29, 0.717) is 17.4 Å². The number of benzene rings is 2. The number of rotatable bonds is 3. The van der Waals surface area contributed by atoms with Crippen LogP contribution in [0.3, 0.4) is 0 Å². The summed E-state index contributed by atoms with van der Waals surface area (Å²) in [6.07, 6.45) is 4.31. The number of halogens is 2. The van der Waals surface area contributed by atoms with Crippen LogP contribution in [-0.4, -0.2) is 14.7 Å². The Labute approximate surface area is 153 Å². The van der Waals surface area contributed by atoms with Gasteiger partial charge in [0.2, 0.25) is 0 Å². The SMILES string of the molecule is OC(CC1c2ccccc2-c2cncn21)c1cc2ccoc2c(Cl)c1F. The Bertz CT molecular complexity index is 1130. The van der Waals surface area contributed by atoms with Crippen LogP contribution in [0, 0.1) is 5.82 Å². The molecule has 26 heavy (non-hydrogen) atoms. The molecule has 130 valence electrons. The maximum Gasteiger partial charge on any atom is 0.155 e. The van der Waals surface area contributed by atoms with E-state index < -0.39 is 11.9 Å². The number of aliphatic hydroxyl groups excluding tert-OH is 1. The van der Waals surface area contributed by atoms with Crippen molar-refractivity contribution in [3.63, 3.8) is 0 Å². The van der Waals surface area contributed by atoms with Crippen molar-refractivity contribution in [3.05, 3.63) is 77.2 Å². The largest absolute Gasteiger partial charge is 0.463 e. The molecule has 6 heteroatoms. The van der Waals surface area contributed by atoms with Gasteiger partial charge in [-0.15, -0.1) is 0 Å². The molecule has 1 aliphatic heterocycles. The second kappa shape index (κ2) is 5.69. The smallest absolute Gasteiger partial charge is 0.155 e. The summed E-state index contributed by atoms with van der Waals surface area (Å²) in [5.41, 5.74) is 3.66. The number of imidazole rings is 1. The highest BCUT2D eigenvalue weighted by Crippen LogP contribution is 2.44. The molecule has 1 N–H and O–H groups in total. The fourth-order valence-electron chi connectivity index (χ4n) is 3.82. The lowest BCUT2D eigenvalue weighted by Gasteiger charge is -2.20. The molecule has 0 saturated carbocycles. The molecule has 0 saturated heterocycles. The first-order valence-corrected chi connectivity index (χ1v) is 8.67. The molecule has 4 aromatic rings. The molecule has 0 spiro atoms. The molecule has 1 aliphatic rings. The quantitative estimate of drug-likeness (QED) is 0.546. The fourth-order valence-corrected chi connectivity index (χ4v) is 4.09. The zero-order chi connectivity index (χ0) is 17.8. The van der Waals surface area contributed by atoms with Crippen LogP contribution in [0.5, 0.6) is 0 Å². The van der Waals surface area contributed by atoms with Crippen molar-refractivity contribution in [1.29, 1.82) is 0 Å². The maximum absolute atomic E-state index is 14.7. The van der Waals surface area contributed by atoms with Crippen molar-refractivity contribution in [2.24, 2.45) is 0 Å². The molecule has 0 bridgehead atoms. The van der Waals surface area contributed by atoms with E-state index in [4.69, 9.17) is 16.0 Å². The zero-order valence-electron chi connectivity index (χ0n) is 13.6. The van der Waals surface area contributed by atoms with Crippen molar-refractivity contribution < 1.29 is 13.9 Å². The Morgan fingerprint density at radius 1 is 1.31 bits per heavy atom. The number of furan rings is 1. The average molecular weight is 369 g/mol. The molecule has 2 aromatic heterocycles. The van der Waals surface area contributed by atoms with Crippen LogP contribution >= 0.6 is 11.6 Å². The average Bonchev–Trinajstić information content (AvgIpc) is 3.36. The van der Waals surface area contributed by atoms with Crippen molar-refractivity contribution in [2.75, 3.05) is 0 Å². The zero-order valence-corrected chi connectivity index (χ0v) is 14.3. The lowest BCUT2D eigenvalue weighted by molar-refractivity contribution is 0.149. The monoisotopic (exact) mass is 368 g/mol. The second-order valence-electron chi connectivity index (χ2n) is 6.47. The maximum atomic E-state index is 14.7. The summed E-state index contributed by atoms with van der Waals surface area (Å²) < 4.78 is 21.9. The summed E-state index contributed by atoms with van der Waals surface area (Å²) >= 11 is 6.08. The van der Waals surface area contributed by atoms with E-state index in [9.17, 15) is 9.50 Å². The Balaban J connectivity index is 1.56. The summed E-state index contributed by atoms with van der Waals surface area (Å²) in [7, 11) is 0. The van der Waals surface area contributed by atoms with Gasteiger partial charge in [-0.3, -0.25) is 0 Å². The predicted octanol–water partition coefficient (Wildman–Crippen LogP) is 5.12. The molecule has 0 amide bonds. The second-order valence-corrected chi connectivity index (χ2v) is 6.85. The van der Waals surface area contributed by atoms with Gasteiger partial charge in [-0.05, 0) is 17.7 Å². The van der Waals surface area contributed by atoms with Gasteiger partial charge in [-0.1, -0.05) is 35.9 Å². The first kappa shape index (κ1) is 15.6. The van der Waals surface area contributed by atoms with Gasteiger partial charge in [0.15, 0.2) is 11.4 Å². The van der Waals surface area contributed by atoms with E-state index in [1.165, 1.54) is 6.26 Å². The van der Waals surface area contributed by atoms with E-state index in [1.54, 1.807) is 24.7 Å². The van der Waals surface area contributed by atoms with E-state index in [1.807, 2.05) is 28.8 Å². The topological polar surface area (TPSA) is 51.2 Å². The van der Waals surface area contributed by atoms with E-state index in [-0.39, 0.29) is 16.6 Å². The standard InChI is InChI=1S/C20H14ClFN2O2/c21-18-19(22)14(7-11-5-6-26-20(11)18)17(25)8-15-12-3-1-2-4-13(12)16-9-23-10-24(15)16/h1-7,9-10,15,17,25H,8H2. The molecule has 0 fully saturated rings. The molecular formula is C20H14ClFN2O2. The number of hydrogen-bond acceptors (Lipinski definition) is 3. The Morgan fingerprint density at radius 3 is 3.04 bits per heavy atom. The van der Waals surface area contributed by atoms with Crippen LogP contribution in [0.25, 0.3) is 22.2 Å². The number of fused-ring (bicyclic) bond motifs is 4. The van der Waals surface area contributed by atoms with Gasteiger partial charge in [0.1, 0.15) is 5.02 Å². The van der Waals surface area contributed by atoms with Gasteiger partial charge in [-0.2, -0.15) is 0 Å². The molecule has 2 aromatic carbocycles. The Hall–Kier alpha value is -2.63. The third-order valence-electron chi connectivity index (χ3n) is 5.06. The number of aliphatic hydroxyl groups is 1. The van der Waals surface area contributed by atoms with Gasteiger partial charge < -0.3 is 14.1 Å². The molecule has 2 atom stereocenters. The van der Waals surface area contributed by atoms with Crippen molar-refractivity contribution in [1.82, 2.24) is 9.55 Å². The number of aromatic nitrogens is 2. The van der Waals surface area contributed by atoms with Gasteiger partial charge in [-0.25, -0.2) is 9.37 Å². The molecule has 3 heterocycles. The molecule has 2 unspecified atom stereocenters. The van der Waals surface area contributed by atoms with Crippen LogP contribution < -0.4 is 0 Å². The molecular weight excluding hydrogens is 355 g/mol. The first-order chi connectivity index (χ1) is 12.6. The number of nitrogens with zero attached hydrogens (tertiary/aromatic N) is 2. The highest BCUT2D eigenvalue weighted by atomic mass is 35.5. The summed E-state index contributed by atoms with van der Waals surface area (Å²) in [6.45, 7) is 0. The van der Waals surface area contributed by atoms with Gasteiger partial charge in [0.25, 0.3) is 0 Å². The van der Waals surface area contributed by atoms with Crippen LogP contribution in [-0.2, 0) is 0 Å². The predicted molar refractivity (Wildman–Crippen MR) is 96.6 cm³/mol. The minimum atomic E-state index is -1.02. The lowest BCUT2D eigenvalue weighted by Crippen LogP contribution is -2.11. The van der Waals surface area contributed by atoms with Crippen molar-refractivity contribution >= 4 is 22.6 Å². The Kier molecular flexibility index (Phi) is 3.42. The lowest BCUT2D eigenvalue weighted by atomic mass is 9.95. The fraction of sp³-hybridized carbons (Fsp3) is 0.150. The third-order valence-corrected chi connectivity index (χ3v) is 5.39. The first-order valence-electron chi connectivity index (χ1n) is 8.29. The van der Waals surface area contributed by atoms with Crippen LogP contribution in [0.4, 0.5) is 4.39 Å². The summed E-state index contributed by atoms with van der Waals surface area (Å²) in [5, 5.41) is 11.4. The van der Waals surface area contributed by atoms with E-state index >= 15 is 0 Å². The molecule has 0 aliphatic carbocycles. The molecule has 0 radical (unpaired) electrons. The summed E-state index contributed by atoms with van der Waals surface area (Å²) in [4.78, 5) is 4.21. The minimum Gasteiger partial charge on any atom is -0.463 e. The third kappa shape index (κ3) is 2.14. The van der Waals surface area contributed by atoms with Crippen molar-refractivity contribution in [3.8, 4) is 11.3 Å². The highest BCUT2D eigenvalue weighted by molar-refractivity contribution is 6.35. The molecule has 5 rings (SSSR count). The van der Waals surface area contributed by atoms with E-state index in [2.05, 4.69) is 4.98 Å². The summed E-state index contributed by atoms with van der Waals surface area (Å²) in [5.74, 6) is -0.640. The van der Waals surface area contributed by atoms with Gasteiger partial charge in [0.05, 0.1) is 36.6 Å². The normalized spacial score (nSPS) is 16.7. The van der Waals surface area contributed by atoms with Crippen LogP contribution in [0.2, 0.25) is 5.02 Å². The highest BCUT2D eigenvalue weighted by Gasteiger charge is 2.31. The van der Waals surface area contributed by atoms with Crippen LogP contribution in [0.15, 0.2) is 59.6 Å². The number of hydrogen-bond donors (Lipinski definition) is 1. The molecule has 4 nitrogen and oxygen atoms in total. The van der Waals surface area contributed by atoms with Gasteiger partial charge in [0, 0.05) is 22.9 Å². The van der Waals surface area contributed by atoms with Crippen LogP contribution in [0.1, 0.15) is 29.7 Å². The van der Waals surface area contributed by atoms with Gasteiger partial charge >= 0.3 is 0 Å².